The van der Waals surface area contributed by atoms with Gasteiger partial charge in [0.25, 0.3) is 0 Å². The van der Waals surface area contributed by atoms with Gasteiger partial charge in [-0.2, -0.15) is 0 Å². The Bertz CT molecular complexity index is 590. The molecule has 0 spiro atoms. The molecular weight excluding hydrogens is 246 g/mol. The fourth-order valence-corrected chi connectivity index (χ4v) is 3.05. The third-order valence-electron chi connectivity index (χ3n) is 4.37. The maximum absolute atomic E-state index is 5.79. The Kier molecular flexibility index (Phi) is 4.34. The largest absolute Gasteiger partial charge is 0.466 e. The minimum absolute atomic E-state index is 0.298. The Morgan fingerprint density at radius 1 is 1.00 bits per heavy atom. The lowest BCUT2D eigenvalue weighted by Gasteiger charge is -2.20. The Balaban J connectivity index is 2.39. The fourth-order valence-electron chi connectivity index (χ4n) is 3.05. The quantitative estimate of drug-likeness (QED) is 0.895. The highest BCUT2D eigenvalue weighted by atomic mass is 16.3. The molecule has 0 radical (unpaired) electrons. The zero-order valence-electron chi connectivity index (χ0n) is 13.4. The van der Waals surface area contributed by atoms with E-state index in [0.29, 0.717) is 6.04 Å². The summed E-state index contributed by atoms with van der Waals surface area (Å²) in [6.07, 6.45) is 0.996. The highest BCUT2D eigenvalue weighted by molar-refractivity contribution is 5.39. The summed E-state index contributed by atoms with van der Waals surface area (Å²) in [6, 6.07) is 6.80. The first-order valence-corrected chi connectivity index (χ1v) is 7.24. The summed E-state index contributed by atoms with van der Waals surface area (Å²) < 4.78 is 5.79. The standard InChI is InChI=1S/C18H25NO/c1-11-8-7-9-12(2)16(11)10-17(19-6)18-13(3)14(4)20-15(18)5/h7-9,17,19H,10H2,1-6H3. The summed E-state index contributed by atoms with van der Waals surface area (Å²) in [5.74, 6) is 2.06. The van der Waals surface area contributed by atoms with Crippen molar-refractivity contribution in [3.63, 3.8) is 0 Å². The second kappa shape index (κ2) is 5.84. The maximum atomic E-state index is 5.79. The molecule has 1 atom stereocenters. The van der Waals surface area contributed by atoms with Crippen molar-refractivity contribution in [2.75, 3.05) is 7.05 Å². The van der Waals surface area contributed by atoms with Crippen LogP contribution in [0.15, 0.2) is 22.6 Å². The highest BCUT2D eigenvalue weighted by Crippen LogP contribution is 2.30. The van der Waals surface area contributed by atoms with Crippen LogP contribution < -0.4 is 5.32 Å². The van der Waals surface area contributed by atoms with Crippen LogP contribution in [0.2, 0.25) is 0 Å². The third kappa shape index (κ3) is 2.66. The minimum Gasteiger partial charge on any atom is -0.466 e. The van der Waals surface area contributed by atoms with Crippen LogP contribution >= 0.6 is 0 Å². The van der Waals surface area contributed by atoms with Crippen molar-refractivity contribution in [2.24, 2.45) is 0 Å². The van der Waals surface area contributed by atoms with Crippen molar-refractivity contribution in [1.29, 1.82) is 0 Å². The Morgan fingerprint density at radius 3 is 2.05 bits per heavy atom. The smallest absolute Gasteiger partial charge is 0.106 e. The maximum Gasteiger partial charge on any atom is 0.106 e. The molecule has 0 bridgehead atoms. The molecule has 0 aliphatic heterocycles. The molecule has 1 unspecified atom stereocenters. The van der Waals surface area contributed by atoms with E-state index in [1.165, 1.54) is 27.8 Å². The van der Waals surface area contributed by atoms with Crippen LogP contribution in [0.3, 0.4) is 0 Å². The lowest BCUT2D eigenvalue weighted by atomic mass is 9.91. The Morgan fingerprint density at radius 2 is 1.60 bits per heavy atom. The average Bonchev–Trinajstić information content (AvgIpc) is 2.64. The van der Waals surface area contributed by atoms with E-state index in [-0.39, 0.29) is 0 Å². The van der Waals surface area contributed by atoms with Crippen molar-refractivity contribution in [2.45, 2.75) is 47.1 Å². The van der Waals surface area contributed by atoms with Gasteiger partial charge in [0.05, 0.1) is 0 Å². The van der Waals surface area contributed by atoms with Crippen molar-refractivity contribution in [3.05, 3.63) is 57.5 Å². The van der Waals surface area contributed by atoms with E-state index in [0.717, 1.165) is 17.9 Å². The second-order valence-corrected chi connectivity index (χ2v) is 5.67. The molecule has 1 aromatic carbocycles. The van der Waals surface area contributed by atoms with E-state index in [2.05, 4.69) is 51.2 Å². The van der Waals surface area contributed by atoms with Gasteiger partial charge in [-0.05, 0) is 70.3 Å². The van der Waals surface area contributed by atoms with Gasteiger partial charge in [-0.15, -0.1) is 0 Å². The van der Waals surface area contributed by atoms with E-state index in [1.54, 1.807) is 0 Å². The number of rotatable bonds is 4. The SMILES string of the molecule is CNC(Cc1c(C)cccc1C)c1c(C)oc(C)c1C. The van der Waals surface area contributed by atoms with Gasteiger partial charge < -0.3 is 9.73 Å². The van der Waals surface area contributed by atoms with Crippen LogP contribution in [-0.2, 0) is 6.42 Å². The van der Waals surface area contributed by atoms with Gasteiger partial charge in [0.2, 0.25) is 0 Å². The summed E-state index contributed by atoms with van der Waals surface area (Å²) in [4.78, 5) is 0. The second-order valence-electron chi connectivity index (χ2n) is 5.67. The number of likely N-dealkylation sites (N-methyl/N-ethyl adjacent to an activating group) is 1. The molecule has 2 heteroatoms. The molecule has 1 N–H and O–H groups in total. The van der Waals surface area contributed by atoms with E-state index in [4.69, 9.17) is 4.42 Å². The molecule has 0 aliphatic carbocycles. The lowest BCUT2D eigenvalue weighted by Crippen LogP contribution is -2.21. The summed E-state index contributed by atoms with van der Waals surface area (Å²) in [5, 5.41) is 3.46. The molecule has 1 aromatic heterocycles. The van der Waals surface area contributed by atoms with Gasteiger partial charge in [0.1, 0.15) is 11.5 Å². The van der Waals surface area contributed by atoms with Gasteiger partial charge in [-0.3, -0.25) is 0 Å². The first kappa shape index (κ1) is 14.9. The zero-order chi connectivity index (χ0) is 14.9. The summed E-state index contributed by atoms with van der Waals surface area (Å²) in [6.45, 7) is 10.6. The molecule has 2 rings (SSSR count). The van der Waals surface area contributed by atoms with Crippen LogP contribution in [0.5, 0.6) is 0 Å². The average molecular weight is 271 g/mol. The molecule has 1 heterocycles. The first-order chi connectivity index (χ1) is 9.45. The lowest BCUT2D eigenvalue weighted by molar-refractivity contribution is 0.489. The Hall–Kier alpha value is -1.54. The van der Waals surface area contributed by atoms with E-state index in [9.17, 15) is 0 Å². The fraction of sp³-hybridized carbons (Fsp3) is 0.444. The molecule has 0 fully saturated rings. The number of hydrogen-bond acceptors (Lipinski definition) is 2. The van der Waals surface area contributed by atoms with Crippen LogP contribution in [0.25, 0.3) is 0 Å². The molecule has 0 saturated carbocycles. The van der Waals surface area contributed by atoms with Crippen molar-refractivity contribution in [3.8, 4) is 0 Å². The predicted molar refractivity (Wildman–Crippen MR) is 84.3 cm³/mol. The summed E-state index contributed by atoms with van der Waals surface area (Å²) in [7, 11) is 2.03. The number of aryl methyl sites for hydroxylation is 4. The molecule has 0 aliphatic rings. The van der Waals surface area contributed by atoms with E-state index < -0.39 is 0 Å². The van der Waals surface area contributed by atoms with Crippen molar-refractivity contribution in [1.82, 2.24) is 5.32 Å². The molecule has 108 valence electrons. The van der Waals surface area contributed by atoms with Crippen molar-refractivity contribution >= 4 is 0 Å². The summed E-state index contributed by atoms with van der Waals surface area (Å²) >= 11 is 0. The third-order valence-corrected chi connectivity index (χ3v) is 4.37. The van der Waals surface area contributed by atoms with Crippen molar-refractivity contribution < 1.29 is 4.42 Å². The topological polar surface area (TPSA) is 25.2 Å². The van der Waals surface area contributed by atoms with Crippen LogP contribution in [0.4, 0.5) is 0 Å². The highest BCUT2D eigenvalue weighted by Gasteiger charge is 2.21. The number of benzene rings is 1. The number of nitrogens with one attached hydrogen (secondary N) is 1. The van der Waals surface area contributed by atoms with Crippen LogP contribution in [-0.4, -0.2) is 7.05 Å². The molecule has 2 nitrogen and oxygen atoms in total. The molecule has 2 aromatic rings. The van der Waals surface area contributed by atoms with Gasteiger partial charge in [0.15, 0.2) is 0 Å². The first-order valence-electron chi connectivity index (χ1n) is 7.24. The van der Waals surface area contributed by atoms with Gasteiger partial charge in [-0.1, -0.05) is 18.2 Å². The van der Waals surface area contributed by atoms with Gasteiger partial charge in [0, 0.05) is 11.6 Å². The monoisotopic (exact) mass is 271 g/mol. The number of hydrogen-bond donors (Lipinski definition) is 1. The van der Waals surface area contributed by atoms with E-state index in [1.807, 2.05) is 14.0 Å². The molecular formula is C18H25NO. The number of furan rings is 1. The van der Waals surface area contributed by atoms with Gasteiger partial charge in [-0.25, -0.2) is 0 Å². The normalized spacial score (nSPS) is 12.7. The molecule has 0 amide bonds. The van der Waals surface area contributed by atoms with Crippen LogP contribution in [0.1, 0.15) is 45.4 Å². The van der Waals surface area contributed by atoms with Crippen LogP contribution in [0, 0.1) is 34.6 Å². The predicted octanol–water partition coefficient (Wildman–Crippen LogP) is 4.32. The van der Waals surface area contributed by atoms with E-state index >= 15 is 0 Å². The molecule has 0 saturated heterocycles. The summed E-state index contributed by atoms with van der Waals surface area (Å²) in [5.41, 5.74) is 6.74. The molecule has 20 heavy (non-hydrogen) atoms. The zero-order valence-corrected chi connectivity index (χ0v) is 13.4. The van der Waals surface area contributed by atoms with Gasteiger partial charge >= 0.3 is 0 Å². The Labute approximate surface area is 122 Å². The minimum atomic E-state index is 0.298.